The zero-order chi connectivity index (χ0) is 19.4. The van der Waals surface area contributed by atoms with Crippen molar-refractivity contribution in [2.75, 3.05) is 36.4 Å². The molecule has 27 heavy (non-hydrogen) atoms. The van der Waals surface area contributed by atoms with Crippen LogP contribution in [0.5, 0.6) is 0 Å². The molecule has 2 N–H and O–H groups in total. The smallest absolute Gasteiger partial charge is 0.410 e. The zero-order valence-electron chi connectivity index (χ0n) is 15.8. The van der Waals surface area contributed by atoms with Crippen molar-refractivity contribution in [3.8, 4) is 0 Å². The highest BCUT2D eigenvalue weighted by molar-refractivity contribution is 7.13. The van der Waals surface area contributed by atoms with E-state index in [4.69, 9.17) is 4.74 Å². The number of nitrogens with one attached hydrogen (secondary N) is 1. The van der Waals surface area contributed by atoms with Gasteiger partial charge in [-0.3, -0.25) is 0 Å². The summed E-state index contributed by atoms with van der Waals surface area (Å²) in [6.07, 6.45) is 1.44. The quantitative estimate of drug-likeness (QED) is 0.828. The predicted molar refractivity (Wildman–Crippen MR) is 106 cm³/mol. The molecule has 0 aromatic carbocycles. The first-order valence-electron chi connectivity index (χ1n) is 8.85. The minimum atomic E-state index is -0.494. The summed E-state index contributed by atoms with van der Waals surface area (Å²) in [5.74, 6) is 0.640. The van der Waals surface area contributed by atoms with Gasteiger partial charge in [0.15, 0.2) is 5.13 Å². The van der Waals surface area contributed by atoms with Gasteiger partial charge in [-0.15, -0.1) is 11.3 Å². The lowest BCUT2D eigenvalue weighted by Crippen LogP contribution is -2.50. The van der Waals surface area contributed by atoms with Gasteiger partial charge in [-0.05, 0) is 26.8 Å². The second kappa shape index (κ2) is 8.10. The molecule has 146 valence electrons. The van der Waals surface area contributed by atoms with Crippen LogP contribution in [-0.2, 0) is 11.3 Å². The molecule has 0 saturated carbocycles. The number of aliphatic hydroxyl groups excluding tert-OH is 1. The first-order chi connectivity index (χ1) is 12.8. The van der Waals surface area contributed by atoms with Gasteiger partial charge in [0.25, 0.3) is 0 Å². The average Bonchev–Trinajstić information content (AvgIpc) is 3.13. The molecule has 2 aromatic rings. The van der Waals surface area contributed by atoms with E-state index in [2.05, 4.69) is 20.2 Å². The van der Waals surface area contributed by atoms with Crippen LogP contribution in [0.15, 0.2) is 23.7 Å². The van der Waals surface area contributed by atoms with Crippen LogP contribution in [0.2, 0.25) is 0 Å². The Morgan fingerprint density at radius 3 is 2.63 bits per heavy atom. The number of carbonyl (C=O) groups is 1. The number of hydrogen-bond donors (Lipinski definition) is 2. The van der Waals surface area contributed by atoms with E-state index in [0.29, 0.717) is 37.7 Å². The van der Waals surface area contributed by atoms with E-state index in [-0.39, 0.29) is 12.7 Å². The standard InChI is InChI=1S/C18H25N5O3S/c1-18(2,3)26-17(25)23-7-5-22(6-8-23)14-10-13(12-24)20-15(11-14)21-16-19-4-9-27-16/h4,9-11,24H,5-8,12H2,1-3H3,(H,19,20,21). The molecular formula is C18H25N5O3S. The highest BCUT2D eigenvalue weighted by Gasteiger charge is 2.26. The van der Waals surface area contributed by atoms with Gasteiger partial charge >= 0.3 is 6.09 Å². The minimum Gasteiger partial charge on any atom is -0.444 e. The summed E-state index contributed by atoms with van der Waals surface area (Å²) in [5, 5.41) is 15.3. The first kappa shape index (κ1) is 19.4. The fraction of sp³-hybridized carbons (Fsp3) is 0.500. The normalized spacial score (nSPS) is 15.0. The number of pyridine rings is 1. The summed E-state index contributed by atoms with van der Waals surface area (Å²) in [6, 6.07) is 3.81. The number of ether oxygens (including phenoxy) is 1. The maximum atomic E-state index is 12.2. The van der Waals surface area contributed by atoms with E-state index in [0.717, 1.165) is 10.8 Å². The summed E-state index contributed by atoms with van der Waals surface area (Å²) >= 11 is 1.48. The van der Waals surface area contributed by atoms with Crippen LogP contribution >= 0.6 is 11.3 Å². The zero-order valence-corrected chi connectivity index (χ0v) is 16.6. The van der Waals surface area contributed by atoms with Crippen LogP contribution in [0.3, 0.4) is 0 Å². The van der Waals surface area contributed by atoms with Crippen LogP contribution < -0.4 is 10.2 Å². The molecule has 2 aromatic heterocycles. The summed E-state index contributed by atoms with van der Waals surface area (Å²) in [6.45, 7) is 8.00. The van der Waals surface area contributed by atoms with Crippen LogP contribution in [0.25, 0.3) is 0 Å². The SMILES string of the molecule is CC(C)(C)OC(=O)N1CCN(c2cc(CO)nc(Nc3nccs3)c2)CC1. The molecule has 0 spiro atoms. The highest BCUT2D eigenvalue weighted by atomic mass is 32.1. The fourth-order valence-corrected chi connectivity index (χ4v) is 3.30. The summed E-state index contributed by atoms with van der Waals surface area (Å²) < 4.78 is 5.44. The molecule has 1 amide bonds. The predicted octanol–water partition coefficient (Wildman–Crippen LogP) is 2.83. The molecule has 1 fully saturated rings. The van der Waals surface area contributed by atoms with Gasteiger partial charge in [-0.2, -0.15) is 0 Å². The summed E-state index contributed by atoms with van der Waals surface area (Å²) in [7, 11) is 0. The maximum absolute atomic E-state index is 12.2. The highest BCUT2D eigenvalue weighted by Crippen LogP contribution is 2.25. The lowest BCUT2D eigenvalue weighted by molar-refractivity contribution is 0.0240. The molecule has 3 heterocycles. The van der Waals surface area contributed by atoms with Gasteiger partial charge in [-0.1, -0.05) is 0 Å². The van der Waals surface area contributed by atoms with E-state index in [1.807, 2.05) is 38.3 Å². The van der Waals surface area contributed by atoms with Crippen molar-refractivity contribution < 1.29 is 14.6 Å². The Balaban J connectivity index is 1.67. The second-order valence-electron chi connectivity index (χ2n) is 7.28. The topological polar surface area (TPSA) is 90.8 Å². The van der Waals surface area contributed by atoms with E-state index < -0.39 is 5.60 Å². The molecule has 0 atom stereocenters. The van der Waals surface area contributed by atoms with Gasteiger partial charge < -0.3 is 25.0 Å². The molecule has 1 aliphatic heterocycles. The van der Waals surface area contributed by atoms with Gasteiger partial charge in [0.05, 0.1) is 12.3 Å². The molecule has 0 unspecified atom stereocenters. The molecule has 0 bridgehead atoms. The molecule has 3 rings (SSSR count). The third-order valence-electron chi connectivity index (χ3n) is 3.99. The van der Waals surface area contributed by atoms with Crippen molar-refractivity contribution in [3.05, 3.63) is 29.4 Å². The van der Waals surface area contributed by atoms with Gasteiger partial charge in [0.1, 0.15) is 11.4 Å². The Hall–Kier alpha value is -2.39. The largest absolute Gasteiger partial charge is 0.444 e. The Kier molecular flexibility index (Phi) is 5.81. The minimum absolute atomic E-state index is 0.141. The lowest BCUT2D eigenvalue weighted by atomic mass is 10.2. The molecule has 0 radical (unpaired) electrons. The van der Waals surface area contributed by atoms with Crippen LogP contribution in [0, 0.1) is 0 Å². The maximum Gasteiger partial charge on any atom is 0.410 e. The van der Waals surface area contributed by atoms with E-state index in [9.17, 15) is 9.90 Å². The number of hydrogen-bond acceptors (Lipinski definition) is 8. The fourth-order valence-electron chi connectivity index (χ4n) is 2.77. The molecule has 8 nitrogen and oxygen atoms in total. The van der Waals surface area contributed by atoms with Crippen molar-refractivity contribution in [2.24, 2.45) is 0 Å². The number of piperazine rings is 1. The number of carbonyl (C=O) groups excluding carboxylic acids is 1. The third-order valence-corrected chi connectivity index (χ3v) is 4.68. The Bertz CT molecular complexity index is 768. The van der Waals surface area contributed by atoms with Gasteiger partial charge in [0, 0.05) is 49.5 Å². The van der Waals surface area contributed by atoms with E-state index in [1.165, 1.54) is 11.3 Å². The lowest BCUT2D eigenvalue weighted by Gasteiger charge is -2.37. The number of rotatable bonds is 4. The van der Waals surface area contributed by atoms with Gasteiger partial charge in [0.2, 0.25) is 0 Å². The van der Waals surface area contributed by atoms with Crippen molar-refractivity contribution in [3.63, 3.8) is 0 Å². The van der Waals surface area contributed by atoms with Crippen molar-refractivity contribution in [1.29, 1.82) is 0 Å². The van der Waals surface area contributed by atoms with Gasteiger partial charge in [-0.25, -0.2) is 14.8 Å². The number of anilines is 3. The average molecular weight is 391 g/mol. The molecule has 9 heteroatoms. The summed E-state index contributed by atoms with van der Waals surface area (Å²) in [5.41, 5.74) is 1.05. The third kappa shape index (κ3) is 5.30. The molecular weight excluding hydrogens is 366 g/mol. The monoisotopic (exact) mass is 391 g/mol. The summed E-state index contributed by atoms with van der Waals surface area (Å²) in [4.78, 5) is 24.7. The van der Waals surface area contributed by atoms with Crippen molar-refractivity contribution in [1.82, 2.24) is 14.9 Å². The first-order valence-corrected chi connectivity index (χ1v) is 9.73. The molecule has 1 saturated heterocycles. The molecule has 0 aliphatic carbocycles. The van der Waals surface area contributed by atoms with Crippen LogP contribution in [0.1, 0.15) is 26.5 Å². The number of thiazole rings is 1. The van der Waals surface area contributed by atoms with Crippen molar-refractivity contribution in [2.45, 2.75) is 33.0 Å². The Morgan fingerprint density at radius 1 is 1.30 bits per heavy atom. The number of aromatic nitrogens is 2. The Labute approximate surface area is 162 Å². The second-order valence-corrected chi connectivity index (χ2v) is 8.17. The van der Waals surface area contributed by atoms with Crippen LogP contribution in [0.4, 0.5) is 21.4 Å². The Morgan fingerprint density at radius 2 is 2.04 bits per heavy atom. The molecule has 1 aliphatic rings. The number of aliphatic hydroxyl groups is 1. The van der Waals surface area contributed by atoms with Crippen molar-refractivity contribution >= 4 is 34.1 Å². The number of nitrogens with zero attached hydrogens (tertiary/aromatic N) is 4. The van der Waals surface area contributed by atoms with E-state index in [1.54, 1.807) is 11.1 Å². The van der Waals surface area contributed by atoms with E-state index >= 15 is 0 Å². The number of amides is 1. The van der Waals surface area contributed by atoms with Crippen LogP contribution in [-0.4, -0.2) is 57.8 Å².